The van der Waals surface area contributed by atoms with Crippen molar-refractivity contribution in [1.29, 1.82) is 0 Å². The van der Waals surface area contributed by atoms with Crippen molar-refractivity contribution in [3.63, 3.8) is 0 Å². The van der Waals surface area contributed by atoms with Crippen molar-refractivity contribution in [2.75, 3.05) is 0 Å². The number of hydrogen-bond donors (Lipinski definition) is 0. The van der Waals surface area contributed by atoms with Crippen molar-refractivity contribution in [1.82, 2.24) is 9.97 Å². The third-order valence-electron chi connectivity index (χ3n) is 4.81. The Labute approximate surface area is 177 Å². The van der Waals surface area contributed by atoms with Crippen LogP contribution in [0.5, 0.6) is 0 Å². The molecule has 4 rings (SSSR count). The molecule has 4 heteroatoms. The highest BCUT2D eigenvalue weighted by atomic mass is 16.5. The van der Waals surface area contributed by atoms with Crippen LogP contribution in [0.15, 0.2) is 109 Å². The number of benzene rings is 2. The average molecular weight is 396 g/mol. The molecule has 0 saturated carbocycles. The second kappa shape index (κ2) is 10.4. The smallest absolute Gasteiger partial charge is 0.113 e. The summed E-state index contributed by atoms with van der Waals surface area (Å²) in [7, 11) is 0. The molecule has 4 aromatic rings. The fraction of sp³-hybridized carbons (Fsp3) is 0.154. The SMILES string of the molecule is c1ccc([C@@H](OCc2ccccn2)[C@H](OCc2ccccn2)c2ccccc2)cc1. The van der Waals surface area contributed by atoms with Crippen LogP contribution in [0.4, 0.5) is 0 Å². The van der Waals surface area contributed by atoms with Gasteiger partial charge in [0.1, 0.15) is 12.2 Å². The van der Waals surface area contributed by atoms with Gasteiger partial charge in [0.15, 0.2) is 0 Å². The molecule has 0 spiro atoms. The van der Waals surface area contributed by atoms with Crippen LogP contribution < -0.4 is 0 Å². The summed E-state index contributed by atoms with van der Waals surface area (Å²) in [6.07, 6.45) is 2.98. The zero-order chi connectivity index (χ0) is 20.4. The molecule has 4 nitrogen and oxygen atoms in total. The summed E-state index contributed by atoms with van der Waals surface area (Å²) < 4.78 is 12.8. The van der Waals surface area contributed by atoms with Gasteiger partial charge in [0.2, 0.25) is 0 Å². The fourth-order valence-corrected chi connectivity index (χ4v) is 3.32. The number of ether oxygens (including phenoxy) is 2. The van der Waals surface area contributed by atoms with Gasteiger partial charge in [0.25, 0.3) is 0 Å². The highest BCUT2D eigenvalue weighted by Gasteiger charge is 2.27. The zero-order valence-electron chi connectivity index (χ0n) is 16.7. The van der Waals surface area contributed by atoms with Crippen LogP contribution in [0, 0.1) is 0 Å². The van der Waals surface area contributed by atoms with Gasteiger partial charge in [0, 0.05) is 12.4 Å². The summed E-state index contributed by atoms with van der Waals surface area (Å²) in [4.78, 5) is 8.79. The average Bonchev–Trinajstić information content (AvgIpc) is 2.83. The topological polar surface area (TPSA) is 44.2 Å². The Morgan fingerprint density at radius 1 is 0.500 bits per heavy atom. The summed E-state index contributed by atoms with van der Waals surface area (Å²) >= 11 is 0. The molecule has 0 saturated heterocycles. The van der Waals surface area contributed by atoms with Crippen LogP contribution in [0.3, 0.4) is 0 Å². The first-order valence-electron chi connectivity index (χ1n) is 10.0. The fourth-order valence-electron chi connectivity index (χ4n) is 3.32. The second-order valence-electron chi connectivity index (χ2n) is 6.93. The lowest BCUT2D eigenvalue weighted by atomic mass is 9.98. The van der Waals surface area contributed by atoms with Crippen molar-refractivity contribution < 1.29 is 9.47 Å². The summed E-state index contributed by atoms with van der Waals surface area (Å²) in [5, 5.41) is 0. The molecule has 150 valence electrons. The van der Waals surface area contributed by atoms with Crippen molar-refractivity contribution in [2.45, 2.75) is 25.4 Å². The molecule has 2 aromatic heterocycles. The van der Waals surface area contributed by atoms with E-state index in [0.29, 0.717) is 13.2 Å². The Hall–Kier alpha value is -3.34. The Balaban J connectivity index is 1.63. The quantitative estimate of drug-likeness (QED) is 0.364. The van der Waals surface area contributed by atoms with E-state index in [0.717, 1.165) is 22.5 Å². The molecule has 0 N–H and O–H groups in total. The van der Waals surface area contributed by atoms with E-state index >= 15 is 0 Å². The number of nitrogens with zero attached hydrogens (tertiary/aromatic N) is 2. The first-order chi connectivity index (χ1) is 14.9. The van der Waals surface area contributed by atoms with E-state index in [2.05, 4.69) is 34.2 Å². The van der Waals surface area contributed by atoms with Gasteiger partial charge < -0.3 is 9.47 Å². The van der Waals surface area contributed by atoms with Gasteiger partial charge >= 0.3 is 0 Å². The van der Waals surface area contributed by atoms with Crippen LogP contribution in [0.2, 0.25) is 0 Å². The molecule has 0 aliphatic rings. The maximum atomic E-state index is 6.41. The van der Waals surface area contributed by atoms with Crippen molar-refractivity contribution >= 4 is 0 Å². The van der Waals surface area contributed by atoms with E-state index in [1.807, 2.05) is 72.8 Å². The molecule has 0 radical (unpaired) electrons. The van der Waals surface area contributed by atoms with Crippen LogP contribution in [0.25, 0.3) is 0 Å². The van der Waals surface area contributed by atoms with Crippen LogP contribution >= 0.6 is 0 Å². The molecule has 30 heavy (non-hydrogen) atoms. The van der Waals surface area contributed by atoms with Gasteiger partial charge in [0.05, 0.1) is 24.6 Å². The van der Waals surface area contributed by atoms with E-state index in [-0.39, 0.29) is 12.2 Å². The minimum Gasteiger partial charge on any atom is -0.364 e. The Morgan fingerprint density at radius 3 is 1.27 bits per heavy atom. The summed E-state index contributed by atoms with van der Waals surface area (Å²) in [6.45, 7) is 0.799. The lowest BCUT2D eigenvalue weighted by Gasteiger charge is -2.28. The molecule has 0 aliphatic carbocycles. The Kier molecular flexibility index (Phi) is 6.94. The maximum absolute atomic E-state index is 6.41. The molecular formula is C26H24N2O2. The van der Waals surface area contributed by atoms with Crippen molar-refractivity contribution in [3.8, 4) is 0 Å². The molecule has 0 amide bonds. The Morgan fingerprint density at radius 2 is 0.900 bits per heavy atom. The van der Waals surface area contributed by atoms with Gasteiger partial charge in [-0.1, -0.05) is 72.8 Å². The largest absolute Gasteiger partial charge is 0.364 e. The van der Waals surface area contributed by atoms with E-state index in [4.69, 9.17) is 9.47 Å². The highest BCUT2D eigenvalue weighted by Crippen LogP contribution is 2.36. The minimum absolute atomic E-state index is 0.292. The predicted molar refractivity (Wildman–Crippen MR) is 116 cm³/mol. The first kappa shape index (κ1) is 20.0. The van der Waals surface area contributed by atoms with Crippen LogP contribution in [0.1, 0.15) is 34.7 Å². The summed E-state index contributed by atoms with van der Waals surface area (Å²) in [6, 6.07) is 32.1. The van der Waals surface area contributed by atoms with E-state index in [9.17, 15) is 0 Å². The summed E-state index contributed by atoms with van der Waals surface area (Å²) in [5.41, 5.74) is 3.89. The molecule has 2 aromatic carbocycles. The number of pyridine rings is 2. The third-order valence-corrected chi connectivity index (χ3v) is 4.81. The lowest BCUT2D eigenvalue weighted by molar-refractivity contribution is -0.0920. The molecule has 0 bridgehead atoms. The van der Waals surface area contributed by atoms with E-state index < -0.39 is 0 Å². The molecule has 2 atom stereocenters. The standard InChI is InChI=1S/C26H24N2O2/c1-3-11-21(12-4-1)25(29-19-23-15-7-9-17-27-23)26(22-13-5-2-6-14-22)30-20-24-16-8-10-18-28-24/h1-18,25-26H,19-20H2/t25-,26-/m1/s1. The van der Waals surface area contributed by atoms with Crippen LogP contribution in [-0.4, -0.2) is 9.97 Å². The van der Waals surface area contributed by atoms with Crippen molar-refractivity contribution in [2.24, 2.45) is 0 Å². The third kappa shape index (κ3) is 5.38. The maximum Gasteiger partial charge on any atom is 0.113 e. The molecular weight excluding hydrogens is 372 g/mol. The lowest BCUT2D eigenvalue weighted by Crippen LogP contribution is -2.18. The summed E-state index contributed by atoms with van der Waals surface area (Å²) in [5.74, 6) is 0. The van der Waals surface area contributed by atoms with Gasteiger partial charge in [-0.3, -0.25) is 9.97 Å². The zero-order valence-corrected chi connectivity index (χ0v) is 16.7. The molecule has 0 aliphatic heterocycles. The molecule has 0 unspecified atom stereocenters. The predicted octanol–water partition coefficient (Wildman–Crippen LogP) is 5.69. The van der Waals surface area contributed by atoms with Crippen LogP contribution in [-0.2, 0) is 22.7 Å². The highest BCUT2D eigenvalue weighted by molar-refractivity contribution is 5.25. The normalized spacial score (nSPS) is 12.9. The van der Waals surface area contributed by atoms with Crippen molar-refractivity contribution in [3.05, 3.63) is 132 Å². The molecule has 0 fully saturated rings. The minimum atomic E-state index is -0.292. The number of aromatic nitrogens is 2. The monoisotopic (exact) mass is 396 g/mol. The molecule has 2 heterocycles. The number of rotatable bonds is 9. The van der Waals surface area contributed by atoms with Gasteiger partial charge in [-0.15, -0.1) is 0 Å². The number of hydrogen-bond acceptors (Lipinski definition) is 4. The van der Waals surface area contributed by atoms with Gasteiger partial charge in [-0.05, 0) is 35.4 Å². The van der Waals surface area contributed by atoms with E-state index in [1.165, 1.54) is 0 Å². The second-order valence-corrected chi connectivity index (χ2v) is 6.93. The van der Waals surface area contributed by atoms with E-state index in [1.54, 1.807) is 12.4 Å². The Bertz CT molecular complexity index is 911. The van der Waals surface area contributed by atoms with Gasteiger partial charge in [-0.2, -0.15) is 0 Å². The first-order valence-corrected chi connectivity index (χ1v) is 10.0. The van der Waals surface area contributed by atoms with Gasteiger partial charge in [-0.25, -0.2) is 0 Å².